The molecule has 1 saturated carbocycles. The largest absolute Gasteiger partial charge is 0.459 e. The summed E-state index contributed by atoms with van der Waals surface area (Å²) in [4.78, 5) is 54.5. The standard InChI is InChI=1S/C39H44NO6PS/c1-28(2)39(4)23-14-15-30(26-39)46-36(43)22-24-48-35-25-34(42)40(35)37(38(44)45-27-29(3)41)47(31-16-8-5-9-17-31,32-18-10-6-11-19-32)33-20-12-7-13-21-33/h5-13,16-22,24,28,30,35H,14-15,23,25-27H2,1-4H3/t30-,35+,39+/m0/s1. The van der Waals surface area contributed by atoms with Crippen molar-refractivity contribution < 1.29 is 28.7 Å². The van der Waals surface area contributed by atoms with E-state index in [1.165, 1.54) is 29.7 Å². The van der Waals surface area contributed by atoms with Crippen LogP contribution in [0.15, 0.2) is 102 Å². The van der Waals surface area contributed by atoms with Gasteiger partial charge in [-0.15, -0.1) is 11.8 Å². The van der Waals surface area contributed by atoms with E-state index < -0.39 is 30.8 Å². The molecule has 1 amide bonds. The first-order chi connectivity index (χ1) is 23.1. The number of Topliss-reactive ketones (excluding diaryl/α,β-unsaturated/α-hetero) is 1. The molecule has 48 heavy (non-hydrogen) atoms. The van der Waals surface area contributed by atoms with Crippen molar-refractivity contribution in [3.8, 4) is 0 Å². The van der Waals surface area contributed by atoms with Crippen molar-refractivity contribution in [2.75, 3.05) is 6.61 Å². The molecule has 0 N–H and O–H groups in total. The van der Waals surface area contributed by atoms with E-state index in [1.54, 1.807) is 5.41 Å². The third kappa shape index (κ3) is 7.55. The summed E-state index contributed by atoms with van der Waals surface area (Å²) in [5, 5.41) is 3.76. The molecule has 252 valence electrons. The first kappa shape index (κ1) is 35.4. The number of benzene rings is 3. The van der Waals surface area contributed by atoms with Crippen molar-refractivity contribution in [1.29, 1.82) is 0 Å². The Morgan fingerprint density at radius 1 is 0.938 bits per heavy atom. The zero-order valence-corrected chi connectivity index (χ0v) is 29.8. The number of hydrogen-bond acceptors (Lipinski definition) is 7. The maximum absolute atomic E-state index is 14.4. The van der Waals surface area contributed by atoms with E-state index in [-0.39, 0.29) is 35.0 Å². The highest BCUT2D eigenvalue weighted by molar-refractivity contribution is 8.03. The number of amides is 1. The average Bonchev–Trinajstić information content (AvgIpc) is 3.08. The SMILES string of the molecule is CC(=O)COC(=O)C(N1C(=O)C[C@H]1SC=CC(=O)O[C@H]1CCC[C@@](C)(C(C)C)C1)=P(c1ccccc1)(c1ccccc1)c1ccccc1. The summed E-state index contributed by atoms with van der Waals surface area (Å²) in [5.41, 5.74) is 0.344. The molecular weight excluding hydrogens is 641 g/mol. The van der Waals surface area contributed by atoms with Crippen LogP contribution in [0.4, 0.5) is 0 Å². The molecule has 3 atom stereocenters. The molecule has 0 unspecified atom stereocenters. The van der Waals surface area contributed by atoms with Gasteiger partial charge in [0.1, 0.15) is 18.1 Å². The monoisotopic (exact) mass is 685 g/mol. The maximum atomic E-state index is 14.4. The van der Waals surface area contributed by atoms with Gasteiger partial charge in [0.2, 0.25) is 5.91 Å². The third-order valence-corrected chi connectivity index (χ3v) is 14.8. The Balaban J connectivity index is 1.56. The zero-order valence-electron chi connectivity index (χ0n) is 28.0. The number of nitrogens with zero attached hydrogens (tertiary/aromatic N) is 1. The van der Waals surface area contributed by atoms with Crippen LogP contribution in [0.3, 0.4) is 0 Å². The van der Waals surface area contributed by atoms with E-state index in [0.717, 1.165) is 41.6 Å². The van der Waals surface area contributed by atoms with Crippen LogP contribution in [0.5, 0.6) is 0 Å². The van der Waals surface area contributed by atoms with E-state index in [0.29, 0.717) is 5.92 Å². The number of esters is 2. The molecule has 2 fully saturated rings. The van der Waals surface area contributed by atoms with E-state index >= 15 is 0 Å². The average molecular weight is 686 g/mol. The van der Waals surface area contributed by atoms with Crippen LogP contribution >= 0.6 is 18.6 Å². The van der Waals surface area contributed by atoms with Crippen LogP contribution in [0.2, 0.25) is 0 Å². The summed E-state index contributed by atoms with van der Waals surface area (Å²) in [6.07, 6.45) is 5.30. The lowest BCUT2D eigenvalue weighted by Crippen LogP contribution is -2.58. The van der Waals surface area contributed by atoms with Gasteiger partial charge in [0.25, 0.3) is 0 Å². The number of likely N-dealkylation sites (tertiary alicyclic amines) is 1. The van der Waals surface area contributed by atoms with Crippen LogP contribution < -0.4 is 15.9 Å². The summed E-state index contributed by atoms with van der Waals surface area (Å²) >= 11 is 1.29. The minimum absolute atomic E-state index is 0.126. The van der Waals surface area contributed by atoms with Crippen molar-refractivity contribution >= 4 is 63.6 Å². The molecule has 0 bridgehead atoms. The number of ether oxygens (including phenoxy) is 2. The summed E-state index contributed by atoms with van der Waals surface area (Å²) in [7, 11) is 0. The van der Waals surface area contributed by atoms with Crippen molar-refractivity contribution in [3.05, 3.63) is 102 Å². The van der Waals surface area contributed by atoms with E-state index in [1.807, 2.05) is 91.0 Å². The smallest absolute Gasteiger partial charge is 0.356 e. The molecule has 3 aromatic carbocycles. The van der Waals surface area contributed by atoms with Crippen LogP contribution in [-0.2, 0) is 28.7 Å². The predicted molar refractivity (Wildman–Crippen MR) is 195 cm³/mol. The Labute approximate surface area is 288 Å². The predicted octanol–water partition coefficient (Wildman–Crippen LogP) is 6.20. The molecule has 1 aliphatic carbocycles. The lowest BCUT2D eigenvalue weighted by Gasteiger charge is -2.44. The molecule has 1 saturated heterocycles. The number of hydrogen-bond donors (Lipinski definition) is 0. The maximum Gasteiger partial charge on any atom is 0.356 e. The zero-order chi connectivity index (χ0) is 34.3. The highest BCUT2D eigenvalue weighted by atomic mass is 32.2. The molecule has 0 spiro atoms. The number of carbonyl (C=O) groups excluding carboxylic acids is 4. The fraction of sp³-hybridized carbons (Fsp3) is 0.359. The number of carbonyl (C=O) groups is 4. The van der Waals surface area contributed by atoms with Gasteiger partial charge in [-0.25, -0.2) is 9.59 Å². The van der Waals surface area contributed by atoms with Crippen LogP contribution in [0.1, 0.15) is 59.8 Å². The van der Waals surface area contributed by atoms with Crippen molar-refractivity contribution in [3.63, 3.8) is 0 Å². The Morgan fingerprint density at radius 2 is 1.48 bits per heavy atom. The van der Waals surface area contributed by atoms with Crippen LogP contribution in [0.25, 0.3) is 0 Å². The van der Waals surface area contributed by atoms with Gasteiger partial charge >= 0.3 is 11.9 Å². The van der Waals surface area contributed by atoms with Gasteiger partial charge in [-0.05, 0) is 65.3 Å². The molecule has 5 rings (SSSR count). The Bertz CT molecular complexity index is 1600. The lowest BCUT2D eigenvalue weighted by atomic mass is 9.67. The third-order valence-electron chi connectivity index (χ3n) is 9.56. The molecule has 0 radical (unpaired) electrons. The fourth-order valence-electron chi connectivity index (χ4n) is 6.62. The van der Waals surface area contributed by atoms with Gasteiger partial charge in [-0.1, -0.05) is 112 Å². The van der Waals surface area contributed by atoms with E-state index in [2.05, 4.69) is 20.8 Å². The minimum Gasteiger partial charge on any atom is -0.459 e. The quantitative estimate of drug-likeness (QED) is 0.0972. The summed E-state index contributed by atoms with van der Waals surface area (Å²) in [5.74, 6) is -1.18. The molecule has 9 heteroatoms. The van der Waals surface area contributed by atoms with E-state index in [4.69, 9.17) is 9.47 Å². The highest BCUT2D eigenvalue weighted by Crippen LogP contribution is 2.49. The highest BCUT2D eigenvalue weighted by Gasteiger charge is 2.47. The molecule has 1 aliphatic heterocycles. The van der Waals surface area contributed by atoms with Gasteiger partial charge < -0.3 is 9.47 Å². The molecule has 7 nitrogen and oxygen atoms in total. The number of thioether (sulfide) groups is 1. The second kappa shape index (κ2) is 15.6. The topological polar surface area (TPSA) is 90.0 Å². The van der Waals surface area contributed by atoms with Crippen molar-refractivity contribution in [2.45, 2.75) is 71.3 Å². The number of β-lactam (4-membered cyclic amide) rings is 1. The summed E-state index contributed by atoms with van der Waals surface area (Å²) in [6.45, 7) is 4.59. The van der Waals surface area contributed by atoms with Crippen LogP contribution in [-0.4, -0.2) is 52.0 Å². The molecule has 1 heterocycles. The van der Waals surface area contributed by atoms with E-state index in [9.17, 15) is 19.2 Å². The molecule has 3 aromatic rings. The Hall–Kier alpha value is -3.87. The first-order valence-electron chi connectivity index (χ1n) is 16.5. The van der Waals surface area contributed by atoms with Gasteiger partial charge in [-0.2, -0.15) is 0 Å². The van der Waals surface area contributed by atoms with Crippen molar-refractivity contribution in [2.24, 2.45) is 11.3 Å². The number of ketones is 1. The normalized spacial score (nSPS) is 21.1. The fourth-order valence-corrected chi connectivity index (χ4v) is 12.1. The van der Waals surface area contributed by atoms with Gasteiger partial charge in [0.15, 0.2) is 5.78 Å². The van der Waals surface area contributed by atoms with Gasteiger partial charge in [-0.3, -0.25) is 14.5 Å². The van der Waals surface area contributed by atoms with Gasteiger partial charge in [0, 0.05) is 13.0 Å². The molecule has 0 aromatic heterocycles. The van der Waals surface area contributed by atoms with Crippen molar-refractivity contribution in [1.82, 2.24) is 4.90 Å². The number of rotatable bonds is 12. The first-order valence-corrected chi connectivity index (χ1v) is 19.2. The minimum atomic E-state index is -3.06. The second-order valence-corrected chi connectivity index (χ2v) is 17.5. The Kier molecular flexibility index (Phi) is 11.5. The summed E-state index contributed by atoms with van der Waals surface area (Å²) in [6, 6.07) is 29.1. The second-order valence-electron chi connectivity index (χ2n) is 13.1. The molecular formula is C39H44NO6PS. The summed E-state index contributed by atoms with van der Waals surface area (Å²) < 4.78 is 11.5. The Morgan fingerprint density at radius 3 is 1.96 bits per heavy atom. The molecule has 2 aliphatic rings. The van der Waals surface area contributed by atoms with Crippen LogP contribution in [0, 0.1) is 11.3 Å². The lowest BCUT2D eigenvalue weighted by molar-refractivity contribution is -0.147. The van der Waals surface area contributed by atoms with Gasteiger partial charge in [0.05, 0.1) is 11.8 Å².